The van der Waals surface area contributed by atoms with Crippen molar-refractivity contribution in [3.05, 3.63) is 66.1 Å². The van der Waals surface area contributed by atoms with Gasteiger partial charge in [0.15, 0.2) is 11.4 Å². The molecule has 4 unspecified atom stereocenters. The van der Waals surface area contributed by atoms with E-state index in [0.29, 0.717) is 16.9 Å². The third kappa shape index (κ3) is 4.07. The van der Waals surface area contributed by atoms with E-state index in [9.17, 15) is 15.0 Å². The summed E-state index contributed by atoms with van der Waals surface area (Å²) in [7, 11) is 0. The maximum absolute atomic E-state index is 12.8. The van der Waals surface area contributed by atoms with E-state index < -0.39 is 12.3 Å². The van der Waals surface area contributed by atoms with Crippen LogP contribution in [0.15, 0.2) is 54.9 Å². The van der Waals surface area contributed by atoms with Gasteiger partial charge in [-0.15, -0.1) is 0 Å². The molecule has 9 nitrogen and oxygen atoms in total. The maximum Gasteiger partial charge on any atom is 0.165 e. The van der Waals surface area contributed by atoms with Crippen LogP contribution in [-0.2, 0) is 0 Å². The third-order valence-corrected chi connectivity index (χ3v) is 8.12. The second-order valence-electron chi connectivity index (χ2n) is 10.6. The minimum atomic E-state index is -0.894. The fourth-order valence-corrected chi connectivity index (χ4v) is 6.34. The van der Waals surface area contributed by atoms with Crippen LogP contribution in [0.3, 0.4) is 0 Å². The highest BCUT2D eigenvalue weighted by Crippen LogP contribution is 2.45. The number of rotatable bonds is 6. The molecule has 1 aromatic carbocycles. The molecular weight excluding hydrogens is 480 g/mol. The standard InChI is InChI=1S/C29H32N6O3/c1-16(36)25-26(20-12-21-9-10-22(13-20)34(21)29(38)17(2)37)33-28-23(15-32-35(28)27(25)30)19-8-11-24(31-14-19)18-6-4-3-5-7-18/h3-8,11,14-15,17,20-22,29,37-38H,9-10,12-13,30H2,1-2H3. The molecule has 38 heavy (non-hydrogen) atoms. The molecule has 4 atom stereocenters. The highest BCUT2D eigenvalue weighted by atomic mass is 16.3. The zero-order valence-corrected chi connectivity index (χ0v) is 21.5. The van der Waals surface area contributed by atoms with Gasteiger partial charge in [0.1, 0.15) is 12.0 Å². The number of aliphatic hydroxyl groups excluding tert-OH is 2. The molecule has 4 N–H and O–H groups in total. The van der Waals surface area contributed by atoms with E-state index >= 15 is 0 Å². The first-order chi connectivity index (χ1) is 18.3. The van der Waals surface area contributed by atoms with Crippen LogP contribution in [0.4, 0.5) is 5.82 Å². The number of fused-ring (bicyclic) bond motifs is 3. The highest BCUT2D eigenvalue weighted by Gasteiger charge is 2.46. The summed E-state index contributed by atoms with van der Waals surface area (Å²) in [5.74, 6) is 0.158. The third-order valence-electron chi connectivity index (χ3n) is 8.12. The SMILES string of the molecule is CC(=O)c1c(C2CC3CCC(C2)N3C(O)C(C)O)nc2c(-c3ccc(-c4ccccc4)nc3)cnn2c1N. The molecule has 2 fully saturated rings. The predicted octanol–water partition coefficient (Wildman–Crippen LogP) is 3.65. The van der Waals surface area contributed by atoms with E-state index in [1.165, 1.54) is 6.92 Å². The monoisotopic (exact) mass is 512 g/mol. The molecule has 6 rings (SSSR count). The van der Waals surface area contributed by atoms with Crippen molar-refractivity contribution < 1.29 is 15.0 Å². The van der Waals surface area contributed by atoms with Gasteiger partial charge < -0.3 is 15.9 Å². The number of aliphatic hydroxyl groups is 2. The average Bonchev–Trinajstić information content (AvgIpc) is 3.46. The lowest BCUT2D eigenvalue weighted by Gasteiger charge is -2.42. The van der Waals surface area contributed by atoms with Crippen LogP contribution in [-0.4, -0.2) is 64.9 Å². The number of pyridine rings is 1. The Hall–Kier alpha value is -3.66. The number of Topliss-reactive ketones (excluding diaryl/α,β-unsaturated/α-hetero) is 1. The van der Waals surface area contributed by atoms with Gasteiger partial charge in [-0.05, 0) is 45.6 Å². The summed E-state index contributed by atoms with van der Waals surface area (Å²) >= 11 is 0. The quantitative estimate of drug-likeness (QED) is 0.334. The lowest BCUT2D eigenvalue weighted by molar-refractivity contribution is -0.110. The van der Waals surface area contributed by atoms with E-state index in [-0.39, 0.29) is 29.6 Å². The number of hydrogen-bond acceptors (Lipinski definition) is 8. The highest BCUT2D eigenvalue weighted by molar-refractivity contribution is 6.00. The van der Waals surface area contributed by atoms with Crippen LogP contribution in [0.5, 0.6) is 0 Å². The van der Waals surface area contributed by atoms with E-state index in [0.717, 1.165) is 48.1 Å². The number of anilines is 1. The summed E-state index contributed by atoms with van der Waals surface area (Å²) in [5, 5.41) is 25.1. The zero-order valence-electron chi connectivity index (χ0n) is 21.5. The van der Waals surface area contributed by atoms with Crippen LogP contribution in [0.2, 0.25) is 0 Å². The van der Waals surface area contributed by atoms with Gasteiger partial charge in [0.2, 0.25) is 0 Å². The Bertz CT molecular complexity index is 1470. The van der Waals surface area contributed by atoms with Gasteiger partial charge in [0.25, 0.3) is 0 Å². The molecular formula is C29H32N6O3. The summed E-state index contributed by atoms with van der Waals surface area (Å²) in [4.78, 5) is 24.6. The zero-order chi connectivity index (χ0) is 26.6. The van der Waals surface area contributed by atoms with Crippen LogP contribution >= 0.6 is 0 Å². The van der Waals surface area contributed by atoms with Gasteiger partial charge in [-0.1, -0.05) is 36.4 Å². The first-order valence-electron chi connectivity index (χ1n) is 13.2. The van der Waals surface area contributed by atoms with Gasteiger partial charge in [0, 0.05) is 40.9 Å². The Morgan fingerprint density at radius 3 is 2.34 bits per heavy atom. The first kappa shape index (κ1) is 24.7. The molecule has 0 aliphatic carbocycles. The topological polar surface area (TPSA) is 130 Å². The minimum Gasteiger partial charge on any atom is -0.389 e. The molecule has 196 valence electrons. The number of ketones is 1. The minimum absolute atomic E-state index is 0.0116. The van der Waals surface area contributed by atoms with Crippen molar-refractivity contribution in [3.63, 3.8) is 0 Å². The van der Waals surface area contributed by atoms with Crippen molar-refractivity contribution in [2.45, 2.75) is 69.9 Å². The normalized spacial score (nSPS) is 23.0. The van der Waals surface area contributed by atoms with Gasteiger partial charge in [-0.25, -0.2) is 4.98 Å². The predicted molar refractivity (Wildman–Crippen MR) is 144 cm³/mol. The van der Waals surface area contributed by atoms with E-state index in [1.54, 1.807) is 17.6 Å². The number of carbonyl (C=O) groups excluding carboxylic acids is 1. The first-order valence-corrected chi connectivity index (χ1v) is 13.2. The fraction of sp³-hybridized carbons (Fsp3) is 0.379. The largest absolute Gasteiger partial charge is 0.389 e. The molecule has 2 aliphatic heterocycles. The molecule has 0 saturated carbocycles. The van der Waals surface area contributed by atoms with E-state index in [4.69, 9.17) is 10.7 Å². The van der Waals surface area contributed by atoms with Crippen molar-refractivity contribution in [2.24, 2.45) is 0 Å². The van der Waals surface area contributed by atoms with Crippen molar-refractivity contribution >= 4 is 17.2 Å². The molecule has 0 amide bonds. The Morgan fingerprint density at radius 2 is 1.74 bits per heavy atom. The van der Waals surface area contributed by atoms with Gasteiger partial charge in [-0.2, -0.15) is 9.61 Å². The maximum atomic E-state index is 12.8. The van der Waals surface area contributed by atoms with Crippen molar-refractivity contribution in [1.29, 1.82) is 0 Å². The Kier molecular flexibility index (Phi) is 6.22. The summed E-state index contributed by atoms with van der Waals surface area (Å²) in [5.41, 5.74) is 11.8. The molecule has 9 heteroatoms. The second-order valence-corrected chi connectivity index (χ2v) is 10.6. The number of piperidine rings is 1. The summed E-state index contributed by atoms with van der Waals surface area (Å²) in [6.45, 7) is 3.13. The molecule has 3 aromatic heterocycles. The number of nitrogen functional groups attached to an aromatic ring is 1. The molecule has 2 aliphatic rings. The van der Waals surface area contributed by atoms with Crippen LogP contribution < -0.4 is 5.73 Å². The molecule has 0 radical (unpaired) electrons. The van der Waals surface area contributed by atoms with Gasteiger partial charge in [-0.3, -0.25) is 14.7 Å². The average molecular weight is 513 g/mol. The molecule has 4 aromatic rings. The number of hydrogen-bond donors (Lipinski definition) is 3. The lowest BCUT2D eigenvalue weighted by Crippen LogP contribution is -2.52. The molecule has 2 bridgehead atoms. The van der Waals surface area contributed by atoms with Crippen LogP contribution in [0, 0.1) is 0 Å². The second kappa shape index (κ2) is 9.58. The molecule has 5 heterocycles. The number of aromatic nitrogens is 4. The van der Waals surface area contributed by atoms with Gasteiger partial charge >= 0.3 is 0 Å². The van der Waals surface area contributed by atoms with E-state index in [2.05, 4.69) is 10.1 Å². The van der Waals surface area contributed by atoms with Gasteiger partial charge in [0.05, 0.1) is 29.3 Å². The summed E-state index contributed by atoms with van der Waals surface area (Å²) < 4.78 is 1.54. The Morgan fingerprint density at radius 1 is 1.03 bits per heavy atom. The summed E-state index contributed by atoms with van der Waals surface area (Å²) in [6, 6.07) is 14.2. The number of nitrogens with zero attached hydrogens (tertiary/aromatic N) is 5. The van der Waals surface area contributed by atoms with Crippen LogP contribution in [0.25, 0.3) is 28.0 Å². The van der Waals surface area contributed by atoms with E-state index in [1.807, 2.05) is 53.6 Å². The summed E-state index contributed by atoms with van der Waals surface area (Å²) in [6.07, 6.45) is 5.16. The van der Waals surface area contributed by atoms with Crippen molar-refractivity contribution in [1.82, 2.24) is 24.5 Å². The van der Waals surface area contributed by atoms with Crippen molar-refractivity contribution in [3.8, 4) is 22.4 Å². The Balaban J connectivity index is 1.39. The molecule has 2 saturated heterocycles. The number of nitrogens with two attached hydrogens (primary N) is 1. The fourth-order valence-electron chi connectivity index (χ4n) is 6.34. The Labute approximate surface area is 221 Å². The smallest absolute Gasteiger partial charge is 0.165 e. The number of carbonyl (C=O) groups is 1. The van der Waals surface area contributed by atoms with Crippen molar-refractivity contribution in [2.75, 3.05) is 5.73 Å². The lowest BCUT2D eigenvalue weighted by atomic mass is 9.85. The molecule has 0 spiro atoms. The number of benzene rings is 1. The van der Waals surface area contributed by atoms with Crippen LogP contribution in [0.1, 0.15) is 61.5 Å².